The Morgan fingerprint density at radius 1 is 0.412 bits per heavy atom. The molecule has 0 spiro atoms. The van der Waals surface area contributed by atoms with Crippen LogP contribution in [0.5, 0.6) is 0 Å². The van der Waals surface area contributed by atoms with Crippen molar-refractivity contribution < 1.29 is 9.59 Å². The van der Waals surface area contributed by atoms with E-state index in [1.807, 2.05) is 16.9 Å². The van der Waals surface area contributed by atoms with E-state index in [1.165, 1.54) is 57.9 Å². The number of carbonyl (C=O) groups excluding carboxylic acids is 2. The van der Waals surface area contributed by atoms with Gasteiger partial charge in [-0.2, -0.15) is 65.8 Å². The monoisotopic (exact) mass is 1600 g/mol. The highest BCUT2D eigenvalue weighted by Crippen LogP contribution is 2.67. The van der Waals surface area contributed by atoms with Crippen molar-refractivity contribution in [1.29, 1.82) is 42.1 Å². The van der Waals surface area contributed by atoms with E-state index >= 15 is 0 Å². The number of aromatic nitrogens is 3. The molecule has 8 aromatic rings. The van der Waals surface area contributed by atoms with E-state index in [9.17, 15) is 51.7 Å². The molecule has 5 aliphatic rings. The van der Waals surface area contributed by atoms with Crippen LogP contribution in [0.4, 0.5) is 11.4 Å². The summed E-state index contributed by atoms with van der Waals surface area (Å²) in [6.07, 6.45) is 28.5. The Morgan fingerprint density at radius 2 is 0.719 bits per heavy atom. The summed E-state index contributed by atoms with van der Waals surface area (Å²) in [5.74, 6) is 1.03. The van der Waals surface area contributed by atoms with Crippen molar-refractivity contribution in [2.45, 2.75) is 241 Å². The van der Waals surface area contributed by atoms with Crippen molar-refractivity contribution >= 4 is 114 Å². The zero-order valence-electron chi connectivity index (χ0n) is 67.0. The Bertz CT molecular complexity index is 5380. The molecule has 5 atom stereocenters. The Morgan fingerprint density at radius 3 is 1.03 bits per heavy atom. The topological polar surface area (TPSA) is 280 Å². The SMILES string of the molecule is CCCCC(CC)Cn1nc2c(-c3cc4c(s3)-c3sc(/C=C5\C(=O)c6cc(C#N)c(C#N)cc6C5=C(C#N)C#N)cc3C4(CC(CC)CCCC)CC(CC)CCCC)c3c(c(-c4cc5c(s4)-c4sc(/C=C6\C(=O)c7cc(C#N)c(C#N)cc7C6=C(C#N)C#N)cc4C5(CC(CC)CCCC)CC(CC)CCCC)c2n1)N=S=N3. The molecule has 114 heavy (non-hydrogen) atoms. The Balaban J connectivity index is 1.06. The molecule has 3 aromatic carbocycles. The van der Waals surface area contributed by atoms with Crippen LogP contribution in [-0.2, 0) is 28.7 Å². The van der Waals surface area contributed by atoms with Gasteiger partial charge in [0.05, 0.1) is 51.3 Å². The third-order valence-corrected chi connectivity index (χ3v) is 30.4. The third kappa shape index (κ3) is 14.7. The molecular weight excluding hydrogens is 1500 g/mol. The van der Waals surface area contributed by atoms with E-state index in [-0.39, 0.29) is 66.8 Å². The highest BCUT2D eigenvalue weighted by molar-refractivity contribution is 7.58. The normalized spacial score (nSPS) is 17.8. The maximum Gasteiger partial charge on any atom is 0.194 e. The molecule has 1 aliphatic heterocycles. The molecule has 6 heterocycles. The van der Waals surface area contributed by atoms with E-state index in [0.29, 0.717) is 47.3 Å². The van der Waals surface area contributed by atoms with Gasteiger partial charge < -0.3 is 0 Å². The van der Waals surface area contributed by atoms with E-state index in [4.69, 9.17) is 18.9 Å². The predicted molar refractivity (Wildman–Crippen MR) is 462 cm³/mol. The summed E-state index contributed by atoms with van der Waals surface area (Å²) in [7, 11) is 0. The van der Waals surface area contributed by atoms with Gasteiger partial charge in [-0.1, -0.05) is 191 Å². The summed E-state index contributed by atoms with van der Waals surface area (Å²) in [6, 6.07) is 31.9. The van der Waals surface area contributed by atoms with Crippen LogP contribution in [0.3, 0.4) is 0 Å². The van der Waals surface area contributed by atoms with Gasteiger partial charge in [0.15, 0.2) is 11.6 Å². The first-order valence-electron chi connectivity index (χ1n) is 41.2. The van der Waals surface area contributed by atoms with Gasteiger partial charge in [-0.15, -0.1) is 45.3 Å². The quantitative estimate of drug-likeness (QED) is 0.0269. The summed E-state index contributed by atoms with van der Waals surface area (Å²) < 4.78 is 10.8. The number of ketones is 2. The van der Waals surface area contributed by atoms with E-state index in [0.717, 1.165) is 227 Å². The van der Waals surface area contributed by atoms with Gasteiger partial charge in [0, 0.05) is 83.3 Å². The van der Waals surface area contributed by atoms with E-state index < -0.39 is 22.4 Å². The lowest BCUT2D eigenvalue weighted by molar-refractivity contribution is 0.103. The van der Waals surface area contributed by atoms with Crippen LogP contribution in [0, 0.1) is 120 Å². The predicted octanol–water partition coefficient (Wildman–Crippen LogP) is 26.6. The first kappa shape index (κ1) is 81.9. The summed E-state index contributed by atoms with van der Waals surface area (Å²) in [5.41, 5.74) is 10.3. The van der Waals surface area contributed by atoms with Crippen molar-refractivity contribution in [1.82, 2.24) is 15.0 Å². The number of Topliss-reactive ketones (excluding diaryl/α,β-unsaturated/α-hetero) is 2. The fraction of sp³-hybridized carbons (Fsp3) is 0.447. The summed E-state index contributed by atoms with van der Waals surface area (Å²) in [4.78, 5) is 40.1. The number of hydrogen-bond donors (Lipinski definition) is 0. The van der Waals surface area contributed by atoms with Gasteiger partial charge in [-0.05, 0) is 156 Å². The molecule has 13 rings (SSSR count). The number of rotatable bonds is 34. The van der Waals surface area contributed by atoms with Gasteiger partial charge in [-0.3, -0.25) is 9.59 Å². The van der Waals surface area contributed by atoms with Crippen LogP contribution in [-0.4, -0.2) is 26.6 Å². The zero-order chi connectivity index (χ0) is 80.9. The number of thiophene rings is 4. The molecule has 5 aromatic heterocycles. The Hall–Kier alpha value is -10.1. The Labute approximate surface area is 690 Å². The van der Waals surface area contributed by atoms with Gasteiger partial charge in [0.25, 0.3) is 0 Å². The van der Waals surface area contributed by atoms with Crippen LogP contribution in [0.15, 0.2) is 79.5 Å². The smallest absolute Gasteiger partial charge is 0.194 e. The van der Waals surface area contributed by atoms with Gasteiger partial charge in [0.1, 0.15) is 82.1 Å². The van der Waals surface area contributed by atoms with Crippen LogP contribution < -0.4 is 0 Å². The van der Waals surface area contributed by atoms with Crippen molar-refractivity contribution in [3.05, 3.63) is 147 Å². The van der Waals surface area contributed by atoms with Crippen molar-refractivity contribution in [2.24, 2.45) is 38.3 Å². The number of nitrogens with zero attached hydrogens (tertiary/aromatic N) is 13. The van der Waals surface area contributed by atoms with Crippen molar-refractivity contribution in [3.8, 4) is 88.9 Å². The van der Waals surface area contributed by atoms with Crippen LogP contribution >= 0.6 is 45.3 Å². The van der Waals surface area contributed by atoms with Gasteiger partial charge >= 0.3 is 0 Å². The summed E-state index contributed by atoms with van der Waals surface area (Å²) in [5, 5.41) is 94.4. The molecule has 0 N–H and O–H groups in total. The maximum atomic E-state index is 14.9. The van der Waals surface area contributed by atoms with Crippen LogP contribution in [0.25, 0.3) is 74.7 Å². The minimum Gasteiger partial charge on any atom is -0.289 e. The second-order valence-electron chi connectivity index (χ2n) is 31.8. The first-order chi connectivity index (χ1) is 55.5. The number of carbonyl (C=O) groups is 2. The average Bonchev–Trinajstić information content (AvgIpc) is 1.53. The standard InChI is InChI=1S/C94H95N13O2S5/c1-11-21-26-54(16-6)41-93(42-55(17-7)27-22-12-2)73-37-65(35-71-79(63(49-99)50-100)67-31-59(45-95)61(47-97)33-69(67)87(71)108)110-89(73)91-75(93)39-77(112-91)81-83-84(104-107(103-83)53-58(20-10)30-25-15-5)82(86-85(81)105-114-106-86)78-40-76-92(113-78)90-74(94(76,43-56(18-8)28-23-13-3)44-57(19-9)29-24-14-4)38-66(111-90)36-72-80(64(51-101)52-102)68-32-60(46-96)62(48-98)34-70(68)88(72)109/h31-40,54-58H,11-30,41-44,53H2,1-10H3/b71-35-,72-36-. The minimum absolute atomic E-state index is 0.0462. The number of unbranched alkanes of at least 4 members (excludes halogenated alkanes) is 5. The molecular formula is C94H95N13O2S5. The maximum absolute atomic E-state index is 14.9. The molecule has 15 nitrogen and oxygen atoms in total. The molecule has 20 heteroatoms. The fourth-order valence-electron chi connectivity index (χ4n) is 18.8. The number of benzene rings is 3. The fourth-order valence-corrected chi connectivity index (χ4v) is 24.7. The third-order valence-electron chi connectivity index (χ3n) is 25.1. The molecule has 0 saturated heterocycles. The van der Waals surface area contributed by atoms with Crippen LogP contribution in [0.1, 0.15) is 309 Å². The van der Waals surface area contributed by atoms with Gasteiger partial charge in [-0.25, -0.2) is 0 Å². The molecule has 0 fully saturated rings. The van der Waals surface area contributed by atoms with Gasteiger partial charge in [0.2, 0.25) is 0 Å². The van der Waals surface area contributed by atoms with Crippen molar-refractivity contribution in [3.63, 3.8) is 0 Å². The second kappa shape index (κ2) is 35.3. The van der Waals surface area contributed by atoms with E-state index in [1.54, 1.807) is 45.3 Å². The molecule has 0 saturated carbocycles. The first-order valence-corrected chi connectivity index (χ1v) is 45.2. The lowest BCUT2D eigenvalue weighted by atomic mass is 9.65. The van der Waals surface area contributed by atoms with E-state index in [2.05, 4.69) is 142 Å². The highest BCUT2D eigenvalue weighted by atomic mass is 32.1. The molecule has 0 amide bonds. The highest BCUT2D eigenvalue weighted by Gasteiger charge is 2.51. The number of hydrogen-bond acceptors (Lipinski definition) is 18. The minimum atomic E-state index is -0.465. The number of nitriles is 8. The molecule has 578 valence electrons. The lowest BCUT2D eigenvalue weighted by Crippen LogP contribution is -2.31. The number of fused-ring (bicyclic) bond motifs is 10. The molecule has 0 radical (unpaired) electrons. The molecule has 5 unspecified atom stereocenters. The molecule has 4 aliphatic carbocycles. The Kier molecular flexibility index (Phi) is 25.4. The average molecular weight is 1600 g/mol. The zero-order valence-corrected chi connectivity index (χ0v) is 71.1. The lowest BCUT2D eigenvalue weighted by Gasteiger charge is -2.37. The molecule has 0 bridgehead atoms. The summed E-state index contributed by atoms with van der Waals surface area (Å²) >= 11 is 7.99. The van der Waals surface area contributed by atoms with Crippen molar-refractivity contribution in [2.75, 3.05) is 0 Å². The second-order valence-corrected chi connectivity index (χ2v) is 36.6. The van der Waals surface area contributed by atoms with Crippen LogP contribution in [0.2, 0.25) is 0 Å². The largest absolute Gasteiger partial charge is 0.289 e. The summed E-state index contributed by atoms with van der Waals surface area (Å²) in [6.45, 7) is 23.5. The number of allylic oxidation sites excluding steroid dienone is 6.